The molecule has 1 aromatic heterocycles. The van der Waals surface area contributed by atoms with Crippen LogP contribution in [0.5, 0.6) is 0 Å². The maximum absolute atomic E-state index is 6.24. The van der Waals surface area contributed by atoms with Crippen LogP contribution in [0.4, 0.5) is 0 Å². The Morgan fingerprint density at radius 3 is 2.00 bits per heavy atom. The van der Waals surface area contributed by atoms with Crippen molar-refractivity contribution in [3.8, 4) is 22.6 Å². The van der Waals surface area contributed by atoms with Gasteiger partial charge in [0.05, 0.1) is 0 Å². The molecule has 140 valence electrons. The van der Waals surface area contributed by atoms with Gasteiger partial charge in [0, 0.05) is 17.0 Å². The van der Waals surface area contributed by atoms with Crippen molar-refractivity contribution in [2.75, 3.05) is 0 Å². The number of furan rings is 1. The molecule has 0 bridgehead atoms. The zero-order valence-electron chi connectivity index (χ0n) is 17.3. The third kappa shape index (κ3) is 3.62. The molecule has 0 aliphatic rings. The molecule has 3 aromatic rings. The number of benzene rings is 2. The highest BCUT2D eigenvalue weighted by Crippen LogP contribution is 2.41. The smallest absolute Gasteiger partial charge is 0.177 e. The Morgan fingerprint density at radius 1 is 0.778 bits per heavy atom. The number of hydrogen-bond donors (Lipinski definition) is 0. The van der Waals surface area contributed by atoms with Gasteiger partial charge in [0.25, 0.3) is 0 Å². The van der Waals surface area contributed by atoms with Crippen LogP contribution in [0.25, 0.3) is 22.1 Å². The van der Waals surface area contributed by atoms with E-state index in [1.807, 2.05) is 6.07 Å². The van der Waals surface area contributed by atoms with Crippen molar-refractivity contribution in [1.82, 2.24) is 0 Å². The van der Waals surface area contributed by atoms with E-state index in [0.717, 1.165) is 22.3 Å². The largest absolute Gasteiger partial charge is 0.447 e. The highest BCUT2D eigenvalue weighted by molar-refractivity contribution is 6.90. The predicted molar refractivity (Wildman–Crippen MR) is 120 cm³/mol. The van der Waals surface area contributed by atoms with E-state index < -0.39 is 8.07 Å². The first-order valence-corrected chi connectivity index (χ1v) is 12.2. The molecule has 3 rings (SSSR count). The normalized spacial score (nSPS) is 12.0. The van der Waals surface area contributed by atoms with E-state index in [4.69, 9.17) is 4.42 Å². The van der Waals surface area contributed by atoms with Crippen molar-refractivity contribution < 1.29 is 4.42 Å². The van der Waals surface area contributed by atoms with Gasteiger partial charge in [-0.25, -0.2) is 0 Å². The number of para-hydroxylation sites is 1. The van der Waals surface area contributed by atoms with Crippen LogP contribution in [-0.2, 0) is 0 Å². The lowest BCUT2D eigenvalue weighted by molar-refractivity contribution is 0.602. The van der Waals surface area contributed by atoms with Crippen LogP contribution in [-0.4, -0.2) is 8.07 Å². The highest BCUT2D eigenvalue weighted by Gasteiger charge is 2.41. The number of hydrogen-bond acceptors (Lipinski definition) is 1. The van der Waals surface area contributed by atoms with Gasteiger partial charge in [0.2, 0.25) is 0 Å². The van der Waals surface area contributed by atoms with E-state index in [2.05, 4.69) is 102 Å². The van der Waals surface area contributed by atoms with Gasteiger partial charge in [0.15, 0.2) is 5.76 Å². The number of rotatable bonds is 4. The summed E-state index contributed by atoms with van der Waals surface area (Å²) in [5, 5.41) is 1.12. The van der Waals surface area contributed by atoms with E-state index >= 15 is 0 Å². The second-order valence-electron chi connectivity index (χ2n) is 8.35. The summed E-state index contributed by atoms with van der Waals surface area (Å²) < 4.78 is 6.24. The summed E-state index contributed by atoms with van der Waals surface area (Å²) in [5.41, 5.74) is 8.85. The Labute approximate surface area is 164 Å². The summed E-state index contributed by atoms with van der Waals surface area (Å²) in [6, 6.07) is 18.8. The molecule has 2 heteroatoms. The molecule has 27 heavy (non-hydrogen) atoms. The second-order valence-corrected chi connectivity index (χ2v) is 13.9. The Morgan fingerprint density at radius 2 is 1.41 bits per heavy atom. The van der Waals surface area contributed by atoms with Crippen molar-refractivity contribution in [2.24, 2.45) is 0 Å². The Bertz CT molecular complexity index is 946. The molecule has 0 unspecified atom stereocenters. The zero-order chi connectivity index (χ0) is 19.6. The summed E-state index contributed by atoms with van der Waals surface area (Å²) in [5.74, 6) is 4.23. The first-order chi connectivity index (χ1) is 12.9. The maximum Gasteiger partial charge on any atom is 0.177 e. The van der Waals surface area contributed by atoms with E-state index in [-0.39, 0.29) is 0 Å². The van der Waals surface area contributed by atoms with Crippen LogP contribution < -0.4 is 0 Å². The van der Waals surface area contributed by atoms with Gasteiger partial charge in [-0.15, -0.1) is 5.54 Å². The van der Waals surface area contributed by atoms with Crippen LogP contribution >= 0.6 is 0 Å². The van der Waals surface area contributed by atoms with Crippen LogP contribution in [0, 0.1) is 11.5 Å². The van der Waals surface area contributed by atoms with Gasteiger partial charge in [-0.05, 0) is 28.1 Å². The first kappa shape index (κ1) is 19.5. The molecule has 0 atom stereocenters. The lowest BCUT2D eigenvalue weighted by atomic mass is 10.0. The van der Waals surface area contributed by atoms with E-state index in [0.29, 0.717) is 16.6 Å². The molecule has 0 saturated carbocycles. The van der Waals surface area contributed by atoms with E-state index in [1.165, 1.54) is 5.56 Å². The van der Waals surface area contributed by atoms with Gasteiger partial charge < -0.3 is 4.42 Å². The van der Waals surface area contributed by atoms with Crippen LogP contribution in [0.15, 0.2) is 59.0 Å². The number of fused-ring (bicyclic) bond motifs is 1. The molecule has 0 radical (unpaired) electrons. The molecule has 0 spiro atoms. The standard InChI is InChI=1S/C25H30OSi/c1-18(2)27(19(3)4,20(5)6)16-15-23-17-22-13-10-14-24(25(22)26-23)21-11-8-7-9-12-21/h7-14,17-20H,1-6H3. The fraction of sp³-hybridized carbons (Fsp3) is 0.360. The summed E-state index contributed by atoms with van der Waals surface area (Å²) in [6.07, 6.45) is 0. The summed E-state index contributed by atoms with van der Waals surface area (Å²) >= 11 is 0. The Kier molecular flexibility index (Phi) is 5.63. The van der Waals surface area contributed by atoms with Crippen molar-refractivity contribution in [3.63, 3.8) is 0 Å². The molecule has 1 heterocycles. The average molecular weight is 375 g/mol. The molecule has 0 fully saturated rings. The maximum atomic E-state index is 6.24. The van der Waals surface area contributed by atoms with E-state index in [1.54, 1.807) is 0 Å². The summed E-state index contributed by atoms with van der Waals surface area (Å²) in [4.78, 5) is 0. The Balaban J connectivity index is 2.09. The first-order valence-electron chi connectivity index (χ1n) is 9.97. The fourth-order valence-corrected chi connectivity index (χ4v) is 9.78. The fourth-order valence-electron chi connectivity index (χ4n) is 4.57. The van der Waals surface area contributed by atoms with Crippen molar-refractivity contribution in [2.45, 2.75) is 58.2 Å². The molecule has 0 aliphatic heterocycles. The monoisotopic (exact) mass is 374 g/mol. The van der Waals surface area contributed by atoms with Crippen LogP contribution in [0.1, 0.15) is 47.3 Å². The third-order valence-corrected chi connectivity index (χ3v) is 12.2. The highest BCUT2D eigenvalue weighted by atomic mass is 28.3. The quantitative estimate of drug-likeness (QED) is 0.337. The zero-order valence-corrected chi connectivity index (χ0v) is 18.3. The van der Waals surface area contributed by atoms with Gasteiger partial charge in [-0.3, -0.25) is 0 Å². The average Bonchev–Trinajstić information content (AvgIpc) is 3.05. The summed E-state index contributed by atoms with van der Waals surface area (Å²) in [6.45, 7) is 14.0. The SMILES string of the molecule is CC(C)[Si](C#Cc1cc2cccc(-c3ccccc3)c2o1)(C(C)C)C(C)C. The predicted octanol–water partition coefficient (Wildman–Crippen LogP) is 7.67. The van der Waals surface area contributed by atoms with Gasteiger partial charge in [-0.2, -0.15) is 0 Å². The minimum atomic E-state index is -1.76. The second kappa shape index (κ2) is 7.78. The van der Waals surface area contributed by atoms with Gasteiger partial charge in [-0.1, -0.05) is 90.1 Å². The molecule has 0 saturated heterocycles. The molecule has 0 N–H and O–H groups in total. The lowest BCUT2D eigenvalue weighted by Crippen LogP contribution is -2.43. The molecule has 1 nitrogen and oxygen atoms in total. The molecule has 0 amide bonds. The van der Waals surface area contributed by atoms with Crippen LogP contribution in [0.2, 0.25) is 16.6 Å². The topological polar surface area (TPSA) is 13.1 Å². The minimum Gasteiger partial charge on any atom is -0.447 e. The van der Waals surface area contributed by atoms with Gasteiger partial charge in [0.1, 0.15) is 13.7 Å². The van der Waals surface area contributed by atoms with Crippen LogP contribution in [0.3, 0.4) is 0 Å². The lowest BCUT2D eigenvalue weighted by Gasteiger charge is -2.37. The third-order valence-electron chi connectivity index (χ3n) is 5.90. The van der Waals surface area contributed by atoms with Gasteiger partial charge >= 0.3 is 0 Å². The summed E-state index contributed by atoms with van der Waals surface area (Å²) in [7, 11) is -1.76. The van der Waals surface area contributed by atoms with E-state index in [9.17, 15) is 0 Å². The van der Waals surface area contributed by atoms with Crippen molar-refractivity contribution >= 4 is 19.0 Å². The van der Waals surface area contributed by atoms with Crippen molar-refractivity contribution in [3.05, 3.63) is 60.4 Å². The Hall–Kier alpha value is -2.24. The molecular weight excluding hydrogens is 344 g/mol. The molecule has 2 aromatic carbocycles. The minimum absolute atomic E-state index is 0.620. The van der Waals surface area contributed by atoms with Crippen molar-refractivity contribution in [1.29, 1.82) is 0 Å². The molecule has 0 aliphatic carbocycles. The molecular formula is C25H30OSi.